The van der Waals surface area contributed by atoms with Crippen LogP contribution in [-0.2, 0) is 26.2 Å². The highest BCUT2D eigenvalue weighted by molar-refractivity contribution is 9.09. The third kappa shape index (κ3) is 26.2. The van der Waals surface area contributed by atoms with Crippen molar-refractivity contribution in [1.82, 2.24) is 9.13 Å². The van der Waals surface area contributed by atoms with E-state index in [9.17, 15) is 0 Å². The van der Waals surface area contributed by atoms with Crippen molar-refractivity contribution in [2.45, 2.75) is 219 Å². The molecule has 2 rings (SSSR count). The van der Waals surface area contributed by atoms with Crippen molar-refractivity contribution in [2.75, 3.05) is 10.7 Å². The van der Waals surface area contributed by atoms with Gasteiger partial charge in [-0.15, -0.1) is 0 Å². The second kappa shape index (κ2) is 33.5. The van der Waals surface area contributed by atoms with Crippen LogP contribution in [0.15, 0.2) is 37.4 Å². The Labute approximate surface area is 315 Å². The fourth-order valence-electron chi connectivity index (χ4n) is 7.02. The summed E-state index contributed by atoms with van der Waals surface area (Å²) in [5, 5.41) is 2.34. The lowest BCUT2D eigenvalue weighted by molar-refractivity contribution is -0.697. The topological polar surface area (TPSA) is 17.6 Å². The van der Waals surface area contributed by atoms with E-state index >= 15 is 0 Å². The molecule has 0 bridgehead atoms. The fraction of sp³-hybridized carbons (Fsp3) is 0.857. The predicted octanol–water partition coefficient (Wildman–Crippen LogP) is 13.1. The molecule has 4 nitrogen and oxygen atoms in total. The Bertz CT molecular complexity index is 852. The van der Waals surface area contributed by atoms with Gasteiger partial charge in [0.25, 0.3) is 0 Å². The molecule has 278 valence electrons. The number of nitrogens with zero attached hydrogens (tertiary/aromatic N) is 4. The van der Waals surface area contributed by atoms with Crippen LogP contribution in [0.4, 0.5) is 0 Å². The van der Waals surface area contributed by atoms with Gasteiger partial charge < -0.3 is 0 Å². The van der Waals surface area contributed by atoms with Crippen LogP contribution in [0, 0.1) is 0 Å². The van der Waals surface area contributed by atoms with E-state index in [1.165, 1.54) is 229 Å². The van der Waals surface area contributed by atoms with E-state index in [0.717, 1.165) is 0 Å². The highest BCUT2D eigenvalue weighted by Gasteiger charge is 2.05. The summed E-state index contributed by atoms with van der Waals surface area (Å²) in [4.78, 5) is 0. The summed E-state index contributed by atoms with van der Waals surface area (Å²) in [7, 11) is 0. The maximum absolute atomic E-state index is 3.53. The third-order valence-corrected chi connectivity index (χ3v) is 11.3. The minimum Gasteiger partial charge on any atom is -0.237 e. The summed E-state index contributed by atoms with van der Waals surface area (Å²) in [5.41, 5.74) is 0. The van der Waals surface area contributed by atoms with Crippen LogP contribution in [0.1, 0.15) is 193 Å². The minimum absolute atomic E-state index is 1.17. The molecule has 0 aliphatic rings. The van der Waals surface area contributed by atoms with Crippen LogP contribution in [0.5, 0.6) is 0 Å². The van der Waals surface area contributed by atoms with Crippen LogP contribution in [0.2, 0.25) is 0 Å². The Morgan fingerprint density at radius 3 is 0.854 bits per heavy atom. The molecule has 6 heteroatoms. The summed E-state index contributed by atoms with van der Waals surface area (Å²) < 4.78 is 9.61. The summed E-state index contributed by atoms with van der Waals surface area (Å²) >= 11 is 7.05. The van der Waals surface area contributed by atoms with Crippen LogP contribution < -0.4 is 9.13 Å². The number of unbranched alkanes of at least 4 members (excludes halogenated alkanes) is 27. The fourth-order valence-corrected chi connectivity index (χ4v) is 7.81. The van der Waals surface area contributed by atoms with Crippen LogP contribution in [-0.4, -0.2) is 19.8 Å². The molecule has 2 aromatic rings. The van der Waals surface area contributed by atoms with Gasteiger partial charge in [0, 0.05) is 10.7 Å². The summed E-state index contributed by atoms with van der Waals surface area (Å²) in [6.07, 6.45) is 55.8. The molecule has 0 saturated heterocycles. The average molecular weight is 799 g/mol. The molecule has 0 unspecified atom stereocenters. The van der Waals surface area contributed by atoms with E-state index in [-0.39, 0.29) is 0 Å². The standard InChI is InChI=1S/C42H78Br2N4/c43-31-25-19-13-7-1-3-9-15-21-27-33-45-37-39-47(41-45)35-29-23-17-11-5-6-12-18-24-30-36-48-40-38-46(42-48)34-28-22-16-10-4-2-8-14-20-26-32-44/h37-42H,1-36H2/q+2. The van der Waals surface area contributed by atoms with Gasteiger partial charge in [0.15, 0.2) is 0 Å². The number of aromatic nitrogens is 4. The molecule has 2 heterocycles. The number of imidazole rings is 2. The number of hydrogen-bond donors (Lipinski definition) is 0. The summed E-state index contributed by atoms with van der Waals surface area (Å²) in [6, 6.07) is 0. The smallest absolute Gasteiger partial charge is 0.237 e. The lowest BCUT2D eigenvalue weighted by Gasteiger charge is -2.03. The molecule has 2 aromatic heterocycles. The van der Waals surface area contributed by atoms with Crippen molar-refractivity contribution in [1.29, 1.82) is 0 Å². The zero-order chi connectivity index (χ0) is 34.0. The van der Waals surface area contributed by atoms with Gasteiger partial charge in [-0.25, -0.2) is 18.3 Å². The Morgan fingerprint density at radius 2 is 0.562 bits per heavy atom. The first-order valence-corrected chi connectivity index (χ1v) is 23.3. The van der Waals surface area contributed by atoms with Crippen molar-refractivity contribution in [3.63, 3.8) is 0 Å². The molecule has 0 aliphatic carbocycles. The van der Waals surface area contributed by atoms with Gasteiger partial charge in [0.1, 0.15) is 24.8 Å². The normalized spacial score (nSPS) is 11.6. The minimum atomic E-state index is 1.17. The predicted molar refractivity (Wildman–Crippen MR) is 215 cm³/mol. The monoisotopic (exact) mass is 796 g/mol. The van der Waals surface area contributed by atoms with Crippen molar-refractivity contribution >= 4 is 31.9 Å². The first-order chi connectivity index (χ1) is 23.8. The van der Waals surface area contributed by atoms with Gasteiger partial charge >= 0.3 is 0 Å². The van der Waals surface area contributed by atoms with E-state index in [1.807, 2.05) is 0 Å². The second-order valence-electron chi connectivity index (χ2n) is 14.8. The van der Waals surface area contributed by atoms with Gasteiger partial charge in [-0.2, -0.15) is 0 Å². The SMILES string of the molecule is BrCCCCCCCCCCCC[n+]1ccn(CCCCCCCCCCCCn2cc[n+](CCCCCCCCCCCCBr)c2)c1. The zero-order valence-electron chi connectivity index (χ0n) is 31.5. The van der Waals surface area contributed by atoms with Crippen molar-refractivity contribution in [3.8, 4) is 0 Å². The molecule has 0 amide bonds. The highest BCUT2D eigenvalue weighted by atomic mass is 79.9. The van der Waals surface area contributed by atoms with E-state index in [0.29, 0.717) is 0 Å². The molecule has 0 aromatic carbocycles. The van der Waals surface area contributed by atoms with Crippen LogP contribution in [0.3, 0.4) is 0 Å². The summed E-state index contributed by atoms with van der Waals surface area (Å²) in [6.45, 7) is 4.74. The Balaban J connectivity index is 1.29. The number of rotatable bonds is 37. The van der Waals surface area contributed by atoms with E-state index in [4.69, 9.17) is 0 Å². The summed E-state index contributed by atoms with van der Waals surface area (Å²) in [5.74, 6) is 0. The third-order valence-electron chi connectivity index (χ3n) is 10.2. The maximum Gasteiger partial charge on any atom is 0.243 e. The Hall–Kier alpha value is -0.620. The quantitative estimate of drug-likeness (QED) is 0.0368. The van der Waals surface area contributed by atoms with Crippen molar-refractivity contribution < 1.29 is 9.13 Å². The van der Waals surface area contributed by atoms with Gasteiger partial charge in [-0.1, -0.05) is 160 Å². The molecule has 0 aliphatic heterocycles. The van der Waals surface area contributed by atoms with E-state index < -0.39 is 0 Å². The zero-order valence-corrected chi connectivity index (χ0v) is 34.6. The molecule has 0 fully saturated rings. The van der Waals surface area contributed by atoms with Crippen LogP contribution in [0.25, 0.3) is 0 Å². The lowest BCUT2D eigenvalue weighted by Crippen LogP contribution is -2.30. The van der Waals surface area contributed by atoms with Gasteiger partial charge in [0.2, 0.25) is 12.7 Å². The van der Waals surface area contributed by atoms with E-state index in [2.05, 4.69) is 87.6 Å². The number of halogens is 2. The molecular formula is C42H78Br2N4+2. The average Bonchev–Trinajstić information content (AvgIpc) is 3.76. The molecule has 0 saturated carbocycles. The molecule has 48 heavy (non-hydrogen) atoms. The number of alkyl halides is 2. The molecular weight excluding hydrogens is 720 g/mol. The van der Waals surface area contributed by atoms with Crippen LogP contribution >= 0.6 is 31.9 Å². The first-order valence-electron chi connectivity index (χ1n) is 21.0. The van der Waals surface area contributed by atoms with Gasteiger partial charge in [0.05, 0.1) is 26.2 Å². The van der Waals surface area contributed by atoms with Crippen molar-refractivity contribution in [3.05, 3.63) is 37.4 Å². The molecule has 0 radical (unpaired) electrons. The second-order valence-corrected chi connectivity index (χ2v) is 16.3. The lowest BCUT2D eigenvalue weighted by atomic mass is 10.1. The Kier molecular flexibility index (Phi) is 30.4. The first kappa shape index (κ1) is 43.5. The molecule has 0 atom stereocenters. The van der Waals surface area contributed by atoms with Gasteiger partial charge in [-0.05, 0) is 64.2 Å². The highest BCUT2D eigenvalue weighted by Crippen LogP contribution is 2.14. The maximum atomic E-state index is 3.53. The van der Waals surface area contributed by atoms with E-state index in [1.54, 1.807) is 0 Å². The van der Waals surface area contributed by atoms with Gasteiger partial charge in [-0.3, -0.25) is 0 Å². The largest absolute Gasteiger partial charge is 0.243 e. The molecule has 0 N–H and O–H groups in total. The molecule has 0 spiro atoms. The number of hydrogen-bond acceptors (Lipinski definition) is 0. The van der Waals surface area contributed by atoms with Crippen molar-refractivity contribution in [2.24, 2.45) is 0 Å². The Morgan fingerprint density at radius 1 is 0.312 bits per heavy atom. The number of aryl methyl sites for hydroxylation is 4.